The molecule has 0 bridgehead atoms. The maximum Gasteiger partial charge on any atom is 0.286 e. The van der Waals surface area contributed by atoms with E-state index < -0.39 is 5.91 Å². The number of rotatable bonds is 2. The molecule has 2 aromatic rings. The van der Waals surface area contributed by atoms with Crippen molar-refractivity contribution >= 4 is 51.3 Å². The summed E-state index contributed by atoms with van der Waals surface area (Å²) >= 11 is 12.6. The number of hydrogen-bond acceptors (Lipinski definition) is 5. The molecule has 3 N–H and O–H groups in total. The van der Waals surface area contributed by atoms with Gasteiger partial charge in [-0.1, -0.05) is 34.5 Å². The summed E-state index contributed by atoms with van der Waals surface area (Å²) < 4.78 is 0. The zero-order valence-corrected chi connectivity index (χ0v) is 10.6. The third-order valence-corrected chi connectivity index (χ3v) is 3.30. The van der Waals surface area contributed by atoms with Crippen LogP contribution in [0.5, 0.6) is 0 Å². The van der Waals surface area contributed by atoms with Gasteiger partial charge in [0.2, 0.25) is 10.1 Å². The standard InChI is InChI=1S/C9H6Cl2N4OS/c10-5-2-1-4(3-6(5)11)13-7(16)8-14-15-9(12)17-8/h1-3H,(H2,12,15)(H,13,16). The molecule has 0 saturated heterocycles. The number of nitrogens with one attached hydrogen (secondary N) is 1. The van der Waals surface area contributed by atoms with Crippen molar-refractivity contribution in [1.82, 2.24) is 10.2 Å². The number of nitrogens with zero attached hydrogens (tertiary/aromatic N) is 2. The van der Waals surface area contributed by atoms with Crippen molar-refractivity contribution in [3.63, 3.8) is 0 Å². The van der Waals surface area contributed by atoms with Crippen molar-refractivity contribution in [2.45, 2.75) is 0 Å². The Morgan fingerprint density at radius 2 is 2.06 bits per heavy atom. The quantitative estimate of drug-likeness (QED) is 0.890. The molecule has 0 unspecified atom stereocenters. The molecular formula is C9H6Cl2N4OS. The summed E-state index contributed by atoms with van der Waals surface area (Å²) in [5, 5.41) is 11.0. The predicted molar refractivity (Wildman–Crippen MR) is 68.7 cm³/mol. The normalized spacial score (nSPS) is 10.2. The van der Waals surface area contributed by atoms with Crippen LogP contribution >= 0.6 is 34.5 Å². The van der Waals surface area contributed by atoms with Gasteiger partial charge in [-0.05, 0) is 18.2 Å². The van der Waals surface area contributed by atoms with Crippen molar-refractivity contribution < 1.29 is 4.79 Å². The largest absolute Gasteiger partial charge is 0.374 e. The predicted octanol–water partition coefficient (Wildman–Crippen LogP) is 2.68. The van der Waals surface area contributed by atoms with E-state index in [0.29, 0.717) is 15.7 Å². The number of halogens is 2. The minimum atomic E-state index is -0.391. The molecule has 1 heterocycles. The van der Waals surface area contributed by atoms with Crippen LogP contribution in [0, 0.1) is 0 Å². The maximum absolute atomic E-state index is 11.7. The second-order valence-electron chi connectivity index (χ2n) is 3.03. The first-order valence-electron chi connectivity index (χ1n) is 4.41. The van der Waals surface area contributed by atoms with Gasteiger partial charge < -0.3 is 11.1 Å². The molecule has 0 fully saturated rings. The highest BCUT2D eigenvalue weighted by molar-refractivity contribution is 7.16. The van der Waals surface area contributed by atoms with Gasteiger partial charge in [0.05, 0.1) is 10.0 Å². The Labute approximate surface area is 111 Å². The Morgan fingerprint density at radius 3 is 2.65 bits per heavy atom. The monoisotopic (exact) mass is 288 g/mol. The molecule has 8 heteroatoms. The molecule has 17 heavy (non-hydrogen) atoms. The van der Waals surface area contributed by atoms with E-state index in [0.717, 1.165) is 11.3 Å². The van der Waals surface area contributed by atoms with Gasteiger partial charge in [-0.2, -0.15) is 0 Å². The Kier molecular flexibility index (Phi) is 3.46. The summed E-state index contributed by atoms with van der Waals surface area (Å²) in [5.41, 5.74) is 5.91. The molecule has 1 amide bonds. The molecule has 0 atom stereocenters. The topological polar surface area (TPSA) is 80.9 Å². The van der Waals surface area contributed by atoms with E-state index in [1.165, 1.54) is 0 Å². The van der Waals surface area contributed by atoms with Crippen molar-refractivity contribution in [2.24, 2.45) is 0 Å². The number of nitrogen functional groups attached to an aromatic ring is 1. The van der Waals surface area contributed by atoms with Crippen LogP contribution in [0.1, 0.15) is 9.80 Å². The average Bonchev–Trinajstić information content (AvgIpc) is 2.70. The number of anilines is 2. The number of aromatic nitrogens is 2. The fraction of sp³-hybridized carbons (Fsp3) is 0. The molecule has 0 saturated carbocycles. The van der Waals surface area contributed by atoms with Gasteiger partial charge in [-0.3, -0.25) is 4.79 Å². The van der Waals surface area contributed by atoms with Gasteiger partial charge >= 0.3 is 0 Å². The Morgan fingerprint density at radius 1 is 1.29 bits per heavy atom. The molecule has 2 rings (SSSR count). The fourth-order valence-electron chi connectivity index (χ4n) is 1.08. The van der Waals surface area contributed by atoms with Crippen LogP contribution in [-0.2, 0) is 0 Å². The molecular weight excluding hydrogens is 283 g/mol. The van der Waals surface area contributed by atoms with Gasteiger partial charge in [0.25, 0.3) is 5.91 Å². The summed E-state index contributed by atoms with van der Waals surface area (Å²) in [7, 11) is 0. The first-order chi connectivity index (χ1) is 8.06. The number of benzene rings is 1. The lowest BCUT2D eigenvalue weighted by atomic mass is 10.3. The van der Waals surface area contributed by atoms with Crippen molar-refractivity contribution in [2.75, 3.05) is 11.1 Å². The fourth-order valence-corrected chi connectivity index (χ4v) is 1.89. The van der Waals surface area contributed by atoms with E-state index in [1.807, 2.05) is 0 Å². The molecule has 0 spiro atoms. The zero-order chi connectivity index (χ0) is 12.4. The van der Waals surface area contributed by atoms with Crippen LogP contribution in [0.3, 0.4) is 0 Å². The Hall–Kier alpha value is -1.37. The molecule has 0 aliphatic heterocycles. The van der Waals surface area contributed by atoms with E-state index in [2.05, 4.69) is 15.5 Å². The van der Waals surface area contributed by atoms with E-state index >= 15 is 0 Å². The van der Waals surface area contributed by atoms with Crippen LogP contribution in [0.15, 0.2) is 18.2 Å². The SMILES string of the molecule is Nc1nnc(C(=O)Nc2ccc(Cl)c(Cl)c2)s1. The summed E-state index contributed by atoms with van der Waals surface area (Å²) in [4.78, 5) is 11.7. The van der Waals surface area contributed by atoms with E-state index in [9.17, 15) is 4.79 Å². The molecule has 88 valence electrons. The van der Waals surface area contributed by atoms with Gasteiger partial charge in [-0.15, -0.1) is 10.2 Å². The summed E-state index contributed by atoms with van der Waals surface area (Å²) in [6.45, 7) is 0. The Balaban J connectivity index is 2.15. The average molecular weight is 289 g/mol. The van der Waals surface area contributed by atoms with Crippen LogP contribution < -0.4 is 11.1 Å². The third kappa shape index (κ3) is 2.85. The van der Waals surface area contributed by atoms with Gasteiger partial charge in [-0.25, -0.2) is 0 Å². The van der Waals surface area contributed by atoms with Gasteiger partial charge in [0.1, 0.15) is 0 Å². The van der Waals surface area contributed by atoms with Crippen LogP contribution in [0.25, 0.3) is 0 Å². The minimum Gasteiger partial charge on any atom is -0.374 e. The van der Waals surface area contributed by atoms with Gasteiger partial charge in [0, 0.05) is 5.69 Å². The number of hydrogen-bond donors (Lipinski definition) is 2. The summed E-state index contributed by atoms with van der Waals surface area (Å²) in [6, 6.07) is 4.77. The number of carbonyl (C=O) groups is 1. The van der Waals surface area contributed by atoms with Crippen LogP contribution in [0.2, 0.25) is 10.0 Å². The highest BCUT2D eigenvalue weighted by Crippen LogP contribution is 2.25. The lowest BCUT2D eigenvalue weighted by Gasteiger charge is -2.03. The van der Waals surface area contributed by atoms with E-state index in [-0.39, 0.29) is 10.1 Å². The summed E-state index contributed by atoms with van der Waals surface area (Å²) in [5.74, 6) is -0.391. The molecule has 1 aromatic carbocycles. The highest BCUT2D eigenvalue weighted by atomic mass is 35.5. The number of amides is 1. The van der Waals surface area contributed by atoms with E-state index in [1.54, 1.807) is 18.2 Å². The molecule has 1 aromatic heterocycles. The maximum atomic E-state index is 11.7. The third-order valence-electron chi connectivity index (χ3n) is 1.81. The van der Waals surface area contributed by atoms with Gasteiger partial charge in [0.15, 0.2) is 0 Å². The van der Waals surface area contributed by atoms with Crippen LogP contribution in [-0.4, -0.2) is 16.1 Å². The highest BCUT2D eigenvalue weighted by Gasteiger charge is 2.12. The summed E-state index contributed by atoms with van der Waals surface area (Å²) in [6.07, 6.45) is 0. The second kappa shape index (κ2) is 4.87. The van der Waals surface area contributed by atoms with Crippen LogP contribution in [0.4, 0.5) is 10.8 Å². The van der Waals surface area contributed by atoms with Crippen molar-refractivity contribution in [1.29, 1.82) is 0 Å². The van der Waals surface area contributed by atoms with E-state index in [4.69, 9.17) is 28.9 Å². The smallest absolute Gasteiger partial charge is 0.286 e. The zero-order valence-electron chi connectivity index (χ0n) is 8.28. The lowest BCUT2D eigenvalue weighted by molar-refractivity contribution is 0.102. The second-order valence-corrected chi connectivity index (χ2v) is 4.85. The van der Waals surface area contributed by atoms with Crippen molar-refractivity contribution in [3.05, 3.63) is 33.3 Å². The molecule has 0 aliphatic rings. The molecule has 0 radical (unpaired) electrons. The first kappa shape index (κ1) is 12.1. The number of nitrogens with two attached hydrogens (primary N) is 1. The molecule has 0 aliphatic carbocycles. The lowest BCUT2D eigenvalue weighted by Crippen LogP contribution is -2.11. The Bertz CT molecular complexity index is 572. The van der Waals surface area contributed by atoms with Crippen molar-refractivity contribution in [3.8, 4) is 0 Å². The molecule has 5 nitrogen and oxygen atoms in total. The number of carbonyl (C=O) groups excluding carboxylic acids is 1. The minimum absolute atomic E-state index is 0.188. The first-order valence-corrected chi connectivity index (χ1v) is 5.99.